The summed E-state index contributed by atoms with van der Waals surface area (Å²) in [6, 6.07) is -0.692. The molecule has 0 spiro atoms. The second kappa shape index (κ2) is 3.09. The Kier molecular flexibility index (Phi) is 2.28. The van der Waals surface area contributed by atoms with Gasteiger partial charge in [-0.1, -0.05) is 12.2 Å². The molecule has 13 heavy (non-hydrogen) atoms. The van der Waals surface area contributed by atoms with E-state index in [0.717, 1.165) is 4.90 Å². The standard InChI is InChI=1S/C6H7N3O3S/c1-8-4(10)5(11)9(6(8)12)2-3(7)13/h2H2,1H3,(H2,7,13). The van der Waals surface area contributed by atoms with Gasteiger partial charge in [0.05, 0.1) is 11.5 Å². The normalized spacial score (nSPS) is 17.2. The number of carbonyl (C=O) groups is 3. The van der Waals surface area contributed by atoms with Crippen molar-refractivity contribution in [2.45, 2.75) is 0 Å². The Labute approximate surface area is 79.3 Å². The fourth-order valence-electron chi connectivity index (χ4n) is 0.909. The van der Waals surface area contributed by atoms with Gasteiger partial charge in [-0.05, 0) is 0 Å². The smallest absolute Gasteiger partial charge is 0.334 e. The highest BCUT2D eigenvalue weighted by atomic mass is 32.1. The van der Waals surface area contributed by atoms with Crippen LogP contribution >= 0.6 is 12.2 Å². The van der Waals surface area contributed by atoms with Gasteiger partial charge in [-0.25, -0.2) is 9.69 Å². The molecule has 0 bridgehead atoms. The van der Waals surface area contributed by atoms with Crippen LogP contribution in [0.15, 0.2) is 0 Å². The minimum absolute atomic E-state index is 0.00944. The summed E-state index contributed by atoms with van der Waals surface area (Å²) in [4.78, 5) is 34.6. The monoisotopic (exact) mass is 201 g/mol. The molecule has 0 aromatic rings. The van der Waals surface area contributed by atoms with Crippen molar-refractivity contribution in [2.75, 3.05) is 13.6 Å². The summed E-state index contributed by atoms with van der Waals surface area (Å²) in [5.74, 6) is -1.75. The molecule has 0 aliphatic carbocycles. The van der Waals surface area contributed by atoms with E-state index in [4.69, 9.17) is 5.73 Å². The molecule has 1 fully saturated rings. The first-order valence-electron chi connectivity index (χ1n) is 3.37. The Hall–Kier alpha value is -1.50. The van der Waals surface area contributed by atoms with Crippen LogP contribution in [0, 0.1) is 0 Å². The van der Waals surface area contributed by atoms with Crippen molar-refractivity contribution in [3.8, 4) is 0 Å². The number of hydrogen-bond donors (Lipinski definition) is 1. The van der Waals surface area contributed by atoms with E-state index in [1.54, 1.807) is 0 Å². The largest absolute Gasteiger partial charge is 0.392 e. The maximum atomic E-state index is 11.2. The van der Waals surface area contributed by atoms with Crippen LogP contribution in [-0.2, 0) is 9.59 Å². The molecular formula is C6H7N3O3S. The maximum Gasteiger partial charge on any atom is 0.334 e. The summed E-state index contributed by atoms with van der Waals surface area (Å²) < 4.78 is 0. The first-order valence-corrected chi connectivity index (χ1v) is 3.77. The summed E-state index contributed by atoms with van der Waals surface area (Å²) in [7, 11) is 1.22. The van der Waals surface area contributed by atoms with Crippen LogP contribution in [0.5, 0.6) is 0 Å². The van der Waals surface area contributed by atoms with Gasteiger partial charge in [0.1, 0.15) is 0 Å². The van der Waals surface area contributed by atoms with Gasteiger partial charge in [-0.15, -0.1) is 0 Å². The molecule has 0 aromatic heterocycles. The molecule has 0 unspecified atom stereocenters. The highest BCUT2D eigenvalue weighted by Gasteiger charge is 2.42. The molecule has 0 aromatic carbocycles. The van der Waals surface area contributed by atoms with Gasteiger partial charge < -0.3 is 5.73 Å². The minimum Gasteiger partial charge on any atom is -0.392 e. The number of nitrogens with zero attached hydrogens (tertiary/aromatic N) is 2. The predicted octanol–water partition coefficient (Wildman–Crippen LogP) is -1.31. The fraction of sp³-hybridized carbons (Fsp3) is 0.333. The number of hydrogen-bond acceptors (Lipinski definition) is 4. The average molecular weight is 201 g/mol. The lowest BCUT2D eigenvalue weighted by atomic mass is 10.5. The number of likely N-dealkylation sites (N-methyl/N-ethyl adjacent to an activating group) is 1. The number of urea groups is 1. The highest BCUT2D eigenvalue weighted by molar-refractivity contribution is 7.80. The Morgan fingerprint density at radius 3 is 2.23 bits per heavy atom. The van der Waals surface area contributed by atoms with Gasteiger partial charge >= 0.3 is 17.8 Å². The van der Waals surface area contributed by atoms with Gasteiger partial charge in [0.2, 0.25) is 0 Å². The van der Waals surface area contributed by atoms with E-state index in [1.165, 1.54) is 7.05 Å². The summed E-state index contributed by atoms with van der Waals surface area (Å²) in [5, 5.41) is 0. The Morgan fingerprint density at radius 1 is 1.38 bits per heavy atom. The summed E-state index contributed by atoms with van der Waals surface area (Å²) in [6.07, 6.45) is 0. The molecule has 70 valence electrons. The Balaban J connectivity index is 2.88. The number of rotatable bonds is 2. The SMILES string of the molecule is CN1C(=O)C(=O)N(CC(N)=S)C1=O. The van der Waals surface area contributed by atoms with Gasteiger partial charge in [0.15, 0.2) is 0 Å². The van der Waals surface area contributed by atoms with Crippen molar-refractivity contribution in [2.24, 2.45) is 5.73 Å². The van der Waals surface area contributed by atoms with E-state index in [0.29, 0.717) is 4.90 Å². The van der Waals surface area contributed by atoms with E-state index in [1.807, 2.05) is 0 Å². The van der Waals surface area contributed by atoms with Crippen LogP contribution in [-0.4, -0.2) is 46.2 Å². The predicted molar refractivity (Wildman–Crippen MR) is 46.7 cm³/mol. The van der Waals surface area contributed by atoms with Crippen molar-refractivity contribution >= 4 is 35.1 Å². The maximum absolute atomic E-state index is 11.2. The molecule has 1 aliphatic rings. The molecule has 1 saturated heterocycles. The molecule has 0 saturated carbocycles. The van der Waals surface area contributed by atoms with E-state index < -0.39 is 17.8 Å². The molecule has 1 aliphatic heterocycles. The number of imide groups is 2. The van der Waals surface area contributed by atoms with Gasteiger partial charge in [0, 0.05) is 7.05 Å². The lowest BCUT2D eigenvalue weighted by Gasteiger charge is -2.10. The third-order valence-corrected chi connectivity index (χ3v) is 1.69. The van der Waals surface area contributed by atoms with Crippen molar-refractivity contribution in [1.29, 1.82) is 0 Å². The van der Waals surface area contributed by atoms with Crippen LogP contribution in [0.2, 0.25) is 0 Å². The molecular weight excluding hydrogens is 194 g/mol. The van der Waals surface area contributed by atoms with Gasteiger partial charge in [-0.2, -0.15) is 0 Å². The Bertz CT molecular complexity index is 314. The van der Waals surface area contributed by atoms with Crippen molar-refractivity contribution in [3.63, 3.8) is 0 Å². The number of nitrogens with two attached hydrogens (primary N) is 1. The van der Waals surface area contributed by atoms with Crippen molar-refractivity contribution in [3.05, 3.63) is 0 Å². The van der Waals surface area contributed by atoms with E-state index in [2.05, 4.69) is 12.2 Å². The molecule has 4 amide bonds. The first-order chi connectivity index (χ1) is 5.95. The first kappa shape index (κ1) is 9.59. The summed E-state index contributed by atoms with van der Waals surface area (Å²) >= 11 is 4.52. The van der Waals surface area contributed by atoms with Crippen LogP contribution in [0.3, 0.4) is 0 Å². The molecule has 1 heterocycles. The van der Waals surface area contributed by atoms with E-state index in [-0.39, 0.29) is 11.5 Å². The average Bonchev–Trinajstić information content (AvgIpc) is 2.22. The van der Waals surface area contributed by atoms with Gasteiger partial charge in [-0.3, -0.25) is 14.5 Å². The summed E-state index contributed by atoms with van der Waals surface area (Å²) in [6.45, 7) is -0.191. The quantitative estimate of drug-likeness (QED) is 0.341. The Morgan fingerprint density at radius 2 is 1.92 bits per heavy atom. The fourth-order valence-corrected chi connectivity index (χ4v) is 1.04. The molecule has 0 atom stereocenters. The topological polar surface area (TPSA) is 83.7 Å². The molecule has 0 radical (unpaired) electrons. The van der Waals surface area contributed by atoms with Crippen molar-refractivity contribution < 1.29 is 14.4 Å². The molecule has 2 N–H and O–H groups in total. The lowest BCUT2D eigenvalue weighted by molar-refractivity contribution is -0.142. The minimum atomic E-state index is -0.889. The van der Waals surface area contributed by atoms with Crippen LogP contribution < -0.4 is 5.73 Å². The third-order valence-electron chi connectivity index (χ3n) is 1.56. The van der Waals surface area contributed by atoms with E-state index in [9.17, 15) is 14.4 Å². The molecule has 6 nitrogen and oxygen atoms in total. The second-order valence-electron chi connectivity index (χ2n) is 2.50. The van der Waals surface area contributed by atoms with E-state index >= 15 is 0 Å². The van der Waals surface area contributed by atoms with Crippen molar-refractivity contribution in [1.82, 2.24) is 9.80 Å². The lowest BCUT2D eigenvalue weighted by Crippen LogP contribution is -2.38. The van der Waals surface area contributed by atoms with Crippen LogP contribution in [0.1, 0.15) is 0 Å². The van der Waals surface area contributed by atoms with Crippen LogP contribution in [0.4, 0.5) is 4.79 Å². The number of carbonyl (C=O) groups excluding carboxylic acids is 3. The van der Waals surface area contributed by atoms with Crippen LogP contribution in [0.25, 0.3) is 0 Å². The highest BCUT2D eigenvalue weighted by Crippen LogP contribution is 2.08. The zero-order valence-electron chi connectivity index (χ0n) is 6.81. The van der Waals surface area contributed by atoms with Gasteiger partial charge in [0.25, 0.3) is 0 Å². The molecule has 7 heteroatoms. The third kappa shape index (κ3) is 1.50. The number of thiocarbonyl (C=S) groups is 1. The summed E-state index contributed by atoms with van der Waals surface area (Å²) in [5.41, 5.74) is 5.14. The zero-order valence-corrected chi connectivity index (χ0v) is 7.63. The second-order valence-corrected chi connectivity index (χ2v) is 3.03. The molecule has 1 rings (SSSR count). The number of amides is 4. The zero-order chi connectivity index (χ0) is 10.2.